The minimum Gasteiger partial charge on any atom is -0.361 e. The van der Waals surface area contributed by atoms with Gasteiger partial charge >= 0.3 is 0 Å². The van der Waals surface area contributed by atoms with E-state index in [0.717, 1.165) is 46.2 Å². The Kier molecular flexibility index (Phi) is 10.7. The van der Waals surface area contributed by atoms with E-state index in [1.165, 1.54) is 62.7 Å². The summed E-state index contributed by atoms with van der Waals surface area (Å²) in [5.41, 5.74) is 3.24. The van der Waals surface area contributed by atoms with Crippen LogP contribution in [0.3, 0.4) is 0 Å². The van der Waals surface area contributed by atoms with Gasteiger partial charge in [-0.05, 0) is 68.7 Å². The lowest BCUT2D eigenvalue weighted by Crippen LogP contribution is -2.60. The highest BCUT2D eigenvalue weighted by Gasteiger charge is 2.40. The van der Waals surface area contributed by atoms with Crippen LogP contribution >= 0.6 is 11.3 Å². The smallest absolute Gasteiger partial charge is 0.280 e. The first-order chi connectivity index (χ1) is 22.3. The molecule has 3 fully saturated rings. The van der Waals surface area contributed by atoms with Gasteiger partial charge in [-0.25, -0.2) is 4.98 Å². The number of thiazole rings is 1. The number of H-pyrrole nitrogens is 1. The maximum absolute atomic E-state index is 14.3. The number of fused-ring (bicyclic) bond motifs is 1. The molecule has 0 spiro atoms. The molecule has 3 aliphatic rings. The van der Waals surface area contributed by atoms with E-state index in [9.17, 15) is 14.4 Å². The molecular weight excluding hydrogens is 597 g/mol. The Morgan fingerprint density at radius 3 is 2.52 bits per heavy atom. The number of aryl methyl sites for hydroxylation is 2. The van der Waals surface area contributed by atoms with Crippen molar-refractivity contribution >= 4 is 40.0 Å². The Labute approximate surface area is 276 Å². The van der Waals surface area contributed by atoms with Crippen LogP contribution < -0.4 is 16.0 Å². The first-order valence-corrected chi connectivity index (χ1v) is 18.3. The molecule has 0 unspecified atom stereocenters. The van der Waals surface area contributed by atoms with E-state index < -0.39 is 12.0 Å². The lowest BCUT2D eigenvalue weighted by atomic mass is 9.83. The van der Waals surface area contributed by atoms with Crippen molar-refractivity contribution in [2.45, 2.75) is 116 Å². The summed E-state index contributed by atoms with van der Waals surface area (Å²) in [5.74, 6) is -0.290. The quantitative estimate of drug-likeness (QED) is 0.223. The van der Waals surface area contributed by atoms with Gasteiger partial charge in [-0.3, -0.25) is 14.4 Å². The van der Waals surface area contributed by atoms with Crippen molar-refractivity contribution in [3.63, 3.8) is 0 Å². The van der Waals surface area contributed by atoms with Crippen LogP contribution in [0.2, 0.25) is 0 Å². The summed E-state index contributed by atoms with van der Waals surface area (Å²) in [6.45, 7) is 5.17. The topological polar surface area (TPSA) is 119 Å². The van der Waals surface area contributed by atoms with Gasteiger partial charge in [0, 0.05) is 59.9 Å². The van der Waals surface area contributed by atoms with E-state index in [-0.39, 0.29) is 30.3 Å². The number of piperidine rings is 1. The van der Waals surface area contributed by atoms with E-state index in [1.807, 2.05) is 30.2 Å². The van der Waals surface area contributed by atoms with Crippen molar-refractivity contribution < 1.29 is 14.4 Å². The Morgan fingerprint density at radius 1 is 1.02 bits per heavy atom. The monoisotopic (exact) mass is 646 g/mol. The first-order valence-electron chi connectivity index (χ1n) is 17.5. The largest absolute Gasteiger partial charge is 0.361 e. The third-order valence-electron chi connectivity index (χ3n) is 10.4. The molecule has 0 bridgehead atoms. The van der Waals surface area contributed by atoms with Crippen LogP contribution in [0.25, 0.3) is 10.9 Å². The summed E-state index contributed by atoms with van der Waals surface area (Å²) in [5, 5.41) is 11.6. The van der Waals surface area contributed by atoms with Gasteiger partial charge in [-0.15, -0.1) is 11.3 Å². The van der Waals surface area contributed by atoms with Crippen molar-refractivity contribution in [3.05, 3.63) is 51.6 Å². The summed E-state index contributed by atoms with van der Waals surface area (Å²) < 4.78 is 0. The van der Waals surface area contributed by atoms with Crippen LogP contribution in [-0.4, -0.2) is 63.8 Å². The molecule has 9 nitrogen and oxygen atoms in total. The van der Waals surface area contributed by atoms with Crippen LogP contribution in [-0.2, 0) is 16.1 Å². The Bertz CT molecular complexity index is 1480. The summed E-state index contributed by atoms with van der Waals surface area (Å²) >= 11 is 1.35. The fourth-order valence-corrected chi connectivity index (χ4v) is 8.46. The van der Waals surface area contributed by atoms with Gasteiger partial charge in [0.15, 0.2) is 5.01 Å². The lowest BCUT2D eigenvalue weighted by molar-refractivity contribution is -0.139. The van der Waals surface area contributed by atoms with E-state index >= 15 is 0 Å². The summed E-state index contributed by atoms with van der Waals surface area (Å²) in [6, 6.07) is 5.93. The normalized spacial score (nSPS) is 22.1. The lowest BCUT2D eigenvalue weighted by Gasteiger charge is -2.40. The molecule has 0 radical (unpaired) electrons. The van der Waals surface area contributed by atoms with Gasteiger partial charge in [-0.2, -0.15) is 0 Å². The average molecular weight is 647 g/mol. The predicted molar refractivity (Wildman–Crippen MR) is 183 cm³/mol. The summed E-state index contributed by atoms with van der Waals surface area (Å²) in [7, 11) is 0. The molecular formula is C36H50N6O3S. The highest BCUT2D eigenvalue weighted by molar-refractivity contribution is 7.13. The van der Waals surface area contributed by atoms with Gasteiger partial charge in [0.05, 0.1) is 12.0 Å². The second-order valence-electron chi connectivity index (χ2n) is 13.9. The van der Waals surface area contributed by atoms with Crippen molar-refractivity contribution in [2.75, 3.05) is 13.1 Å². The van der Waals surface area contributed by atoms with Crippen LogP contribution in [0.5, 0.6) is 0 Å². The molecule has 2 aliphatic carbocycles. The predicted octanol–water partition coefficient (Wildman–Crippen LogP) is 5.77. The van der Waals surface area contributed by atoms with Gasteiger partial charge in [-0.1, -0.05) is 57.4 Å². The SMILES string of the molecule is Cc1cnc(C(=O)N[C@@H]2CCN(C(=O)[C@@H](CC3CCCCC3)NC3CCCCC3)C[C@@H]2C(=O)NCc2ccc3[nH]cc(C)c3c2)s1. The van der Waals surface area contributed by atoms with Crippen LogP contribution in [0, 0.1) is 25.7 Å². The van der Waals surface area contributed by atoms with Crippen LogP contribution in [0.1, 0.15) is 103 Å². The number of nitrogens with zero attached hydrogens (tertiary/aromatic N) is 2. The molecule has 3 atom stereocenters. The number of carbonyl (C=O) groups is 3. The second-order valence-corrected chi connectivity index (χ2v) is 15.1. The maximum Gasteiger partial charge on any atom is 0.280 e. The Balaban J connectivity index is 1.17. The van der Waals surface area contributed by atoms with E-state index in [2.05, 4.69) is 38.9 Å². The highest BCUT2D eigenvalue weighted by Crippen LogP contribution is 2.30. The standard InChI is InChI=1S/C36H50N6O3S/c1-23-19-37-30-14-13-26(17-28(23)30)21-38-33(43)29-22-42(16-15-31(29)41-34(44)35-39-20-24(2)46-35)36(45)32(18-25-9-5-3-6-10-25)40-27-11-7-4-8-12-27/h13-14,17,19-20,25,27,29,31-32,37,40H,3-12,15-16,18,21-22H2,1-2H3,(H,38,43)(H,41,44)/t29-,31+,32+/m0/s1. The zero-order valence-electron chi connectivity index (χ0n) is 27.4. The second kappa shape index (κ2) is 15.1. The molecule has 10 heteroatoms. The number of aromatic amines is 1. The molecule has 4 N–H and O–H groups in total. The molecule has 1 aliphatic heterocycles. The van der Waals surface area contributed by atoms with Crippen molar-refractivity contribution in [1.82, 2.24) is 30.8 Å². The number of hydrogen-bond donors (Lipinski definition) is 4. The fraction of sp³-hybridized carbons (Fsp3) is 0.611. The van der Waals surface area contributed by atoms with Crippen molar-refractivity contribution in [1.29, 1.82) is 0 Å². The molecule has 46 heavy (non-hydrogen) atoms. The molecule has 1 saturated heterocycles. The molecule has 6 rings (SSSR count). The van der Waals surface area contributed by atoms with Gasteiger partial charge < -0.3 is 25.8 Å². The molecule has 1 aromatic carbocycles. The first kappa shape index (κ1) is 32.7. The number of rotatable bonds is 10. The van der Waals surface area contributed by atoms with Gasteiger partial charge in [0.2, 0.25) is 11.8 Å². The number of benzene rings is 1. The highest BCUT2D eigenvalue weighted by atomic mass is 32.1. The minimum atomic E-state index is -0.564. The van der Waals surface area contributed by atoms with Crippen molar-refractivity contribution in [2.24, 2.45) is 11.8 Å². The summed E-state index contributed by atoms with van der Waals surface area (Å²) in [6.07, 6.45) is 17.2. The minimum absolute atomic E-state index is 0.114. The molecule has 248 valence electrons. The van der Waals surface area contributed by atoms with E-state index in [4.69, 9.17) is 0 Å². The van der Waals surface area contributed by atoms with Gasteiger partial charge in [0.25, 0.3) is 5.91 Å². The average Bonchev–Trinajstić information content (AvgIpc) is 3.69. The van der Waals surface area contributed by atoms with E-state index in [0.29, 0.717) is 36.5 Å². The number of hydrogen-bond acceptors (Lipinski definition) is 6. The summed E-state index contributed by atoms with van der Waals surface area (Å²) in [4.78, 5) is 51.8. The fourth-order valence-electron chi connectivity index (χ4n) is 7.79. The number of nitrogens with one attached hydrogen (secondary N) is 4. The molecule has 3 amide bonds. The number of likely N-dealkylation sites (tertiary alicyclic amines) is 1. The number of aromatic nitrogens is 2. The third kappa shape index (κ3) is 8.00. The van der Waals surface area contributed by atoms with Gasteiger partial charge in [0.1, 0.15) is 0 Å². The number of carbonyl (C=O) groups excluding carboxylic acids is 3. The van der Waals surface area contributed by atoms with E-state index in [1.54, 1.807) is 6.20 Å². The molecule has 2 aromatic heterocycles. The maximum atomic E-state index is 14.3. The number of amides is 3. The molecule has 2 saturated carbocycles. The zero-order valence-corrected chi connectivity index (χ0v) is 28.2. The Hall–Kier alpha value is -3.24. The molecule has 3 heterocycles. The van der Waals surface area contributed by atoms with Crippen LogP contribution in [0.15, 0.2) is 30.6 Å². The molecule has 3 aromatic rings. The van der Waals surface area contributed by atoms with Crippen LogP contribution in [0.4, 0.5) is 0 Å². The zero-order chi connectivity index (χ0) is 32.0. The van der Waals surface area contributed by atoms with Crippen molar-refractivity contribution in [3.8, 4) is 0 Å². The third-order valence-corrected chi connectivity index (χ3v) is 11.4. The Morgan fingerprint density at radius 2 is 1.78 bits per heavy atom.